The largest absolute Gasteiger partial charge is 0.493 e. The summed E-state index contributed by atoms with van der Waals surface area (Å²) in [5, 5.41) is 11.5. The molecule has 21 heavy (non-hydrogen) atoms. The summed E-state index contributed by atoms with van der Waals surface area (Å²) in [7, 11) is 1.47. The Labute approximate surface area is 131 Å². The number of nitrogens with one attached hydrogen (secondary N) is 1. The third kappa shape index (κ3) is 4.10. The van der Waals surface area contributed by atoms with Gasteiger partial charge in [0.2, 0.25) is 0 Å². The number of hydrogen-bond acceptors (Lipinski definition) is 4. The first-order valence-electron chi connectivity index (χ1n) is 6.29. The van der Waals surface area contributed by atoms with Crippen molar-refractivity contribution < 1.29 is 24.2 Å². The van der Waals surface area contributed by atoms with Crippen molar-refractivity contribution in [1.82, 2.24) is 5.32 Å². The third-order valence-electron chi connectivity index (χ3n) is 2.74. The van der Waals surface area contributed by atoms with Gasteiger partial charge in [-0.25, -0.2) is 4.79 Å². The second-order valence-corrected chi connectivity index (χ2v) is 5.66. The second-order valence-electron chi connectivity index (χ2n) is 4.81. The SMILES string of the molecule is CCOc1c(Br)cc(C(=O)NC(C)(C)C(=O)O)cc1OC. The highest BCUT2D eigenvalue weighted by Crippen LogP contribution is 2.36. The number of rotatable bonds is 6. The van der Waals surface area contributed by atoms with Gasteiger partial charge in [0.05, 0.1) is 18.2 Å². The lowest BCUT2D eigenvalue weighted by Crippen LogP contribution is -2.49. The van der Waals surface area contributed by atoms with Crippen LogP contribution in [-0.4, -0.2) is 36.2 Å². The molecule has 1 amide bonds. The fourth-order valence-corrected chi connectivity index (χ4v) is 2.10. The second kappa shape index (κ2) is 6.80. The van der Waals surface area contributed by atoms with E-state index in [0.29, 0.717) is 22.6 Å². The van der Waals surface area contributed by atoms with Crippen LogP contribution in [0.2, 0.25) is 0 Å². The number of halogens is 1. The van der Waals surface area contributed by atoms with E-state index in [2.05, 4.69) is 21.2 Å². The summed E-state index contributed by atoms with van der Waals surface area (Å²) < 4.78 is 11.2. The van der Waals surface area contributed by atoms with Crippen LogP contribution in [0, 0.1) is 0 Å². The maximum absolute atomic E-state index is 12.2. The number of carboxylic acids is 1. The summed E-state index contributed by atoms with van der Waals surface area (Å²) in [5.41, 5.74) is -1.09. The zero-order chi connectivity index (χ0) is 16.2. The number of benzene rings is 1. The number of methoxy groups -OCH3 is 1. The Balaban J connectivity index is 3.12. The average molecular weight is 360 g/mol. The molecule has 2 N–H and O–H groups in total. The van der Waals surface area contributed by atoms with E-state index in [-0.39, 0.29) is 5.56 Å². The first-order valence-corrected chi connectivity index (χ1v) is 7.08. The molecule has 0 aliphatic rings. The summed E-state index contributed by atoms with van der Waals surface area (Å²) in [4.78, 5) is 23.2. The lowest BCUT2D eigenvalue weighted by atomic mass is 10.1. The maximum Gasteiger partial charge on any atom is 0.328 e. The van der Waals surface area contributed by atoms with Crippen LogP contribution in [0.3, 0.4) is 0 Å². The molecule has 0 unspecified atom stereocenters. The molecule has 116 valence electrons. The van der Waals surface area contributed by atoms with Crippen LogP contribution in [0.4, 0.5) is 0 Å². The smallest absolute Gasteiger partial charge is 0.328 e. The first-order chi connectivity index (χ1) is 9.72. The van der Waals surface area contributed by atoms with Gasteiger partial charge < -0.3 is 19.9 Å². The van der Waals surface area contributed by atoms with Crippen LogP contribution >= 0.6 is 15.9 Å². The Morgan fingerprint density at radius 3 is 2.48 bits per heavy atom. The number of amides is 1. The molecule has 0 saturated heterocycles. The Morgan fingerprint density at radius 2 is 2.00 bits per heavy atom. The number of carbonyl (C=O) groups is 2. The van der Waals surface area contributed by atoms with E-state index in [1.165, 1.54) is 27.0 Å². The molecule has 1 aromatic rings. The number of hydrogen-bond donors (Lipinski definition) is 2. The van der Waals surface area contributed by atoms with Gasteiger partial charge in [0.15, 0.2) is 11.5 Å². The molecule has 7 heteroatoms. The van der Waals surface area contributed by atoms with Gasteiger partial charge in [-0.2, -0.15) is 0 Å². The quantitative estimate of drug-likeness (QED) is 0.814. The normalized spacial score (nSPS) is 10.9. The van der Waals surface area contributed by atoms with Gasteiger partial charge in [-0.15, -0.1) is 0 Å². The molecule has 1 aromatic carbocycles. The minimum atomic E-state index is -1.37. The molecule has 6 nitrogen and oxygen atoms in total. The minimum absolute atomic E-state index is 0.275. The Kier molecular flexibility index (Phi) is 5.60. The Bertz CT molecular complexity index is 557. The molecular formula is C14H18BrNO5. The van der Waals surface area contributed by atoms with E-state index in [4.69, 9.17) is 14.6 Å². The average Bonchev–Trinajstić information content (AvgIpc) is 2.40. The van der Waals surface area contributed by atoms with Crippen LogP contribution in [-0.2, 0) is 4.79 Å². The summed E-state index contributed by atoms with van der Waals surface area (Å²) in [6.45, 7) is 5.11. The fourth-order valence-electron chi connectivity index (χ4n) is 1.54. The number of ether oxygens (including phenoxy) is 2. The molecule has 0 atom stereocenters. The van der Waals surface area contributed by atoms with E-state index in [0.717, 1.165) is 0 Å². The molecule has 0 radical (unpaired) electrons. The Morgan fingerprint density at radius 1 is 1.38 bits per heavy atom. The molecule has 0 spiro atoms. The highest BCUT2D eigenvalue weighted by Gasteiger charge is 2.29. The van der Waals surface area contributed by atoms with Gasteiger partial charge in [-0.05, 0) is 48.8 Å². The van der Waals surface area contributed by atoms with Crippen molar-refractivity contribution in [1.29, 1.82) is 0 Å². The van der Waals surface area contributed by atoms with Crippen molar-refractivity contribution in [2.24, 2.45) is 0 Å². The molecule has 0 aliphatic heterocycles. The van der Waals surface area contributed by atoms with Gasteiger partial charge >= 0.3 is 5.97 Å². The van der Waals surface area contributed by atoms with Crippen LogP contribution in [0.15, 0.2) is 16.6 Å². The van der Waals surface area contributed by atoms with Crippen molar-refractivity contribution in [3.63, 3.8) is 0 Å². The minimum Gasteiger partial charge on any atom is -0.493 e. The van der Waals surface area contributed by atoms with E-state index in [1.807, 2.05) is 6.92 Å². The van der Waals surface area contributed by atoms with Crippen molar-refractivity contribution >= 4 is 27.8 Å². The standard InChI is InChI=1S/C14H18BrNO5/c1-5-21-11-9(15)6-8(7-10(11)20-4)12(17)16-14(2,3)13(18)19/h6-7H,5H2,1-4H3,(H,16,17)(H,18,19). The highest BCUT2D eigenvalue weighted by atomic mass is 79.9. The van der Waals surface area contributed by atoms with Gasteiger partial charge in [0, 0.05) is 5.56 Å². The first kappa shape index (κ1) is 17.3. The van der Waals surface area contributed by atoms with E-state index in [9.17, 15) is 9.59 Å². The van der Waals surface area contributed by atoms with Crippen molar-refractivity contribution in [3.05, 3.63) is 22.2 Å². The highest BCUT2D eigenvalue weighted by molar-refractivity contribution is 9.10. The topological polar surface area (TPSA) is 84.9 Å². The summed E-state index contributed by atoms with van der Waals surface area (Å²) in [6, 6.07) is 3.06. The molecule has 0 fully saturated rings. The van der Waals surface area contributed by atoms with Crippen molar-refractivity contribution in [3.8, 4) is 11.5 Å². The van der Waals surface area contributed by atoms with Crippen LogP contribution < -0.4 is 14.8 Å². The summed E-state index contributed by atoms with van der Waals surface area (Å²) >= 11 is 3.32. The zero-order valence-electron chi connectivity index (χ0n) is 12.3. The number of aliphatic carboxylic acids is 1. The van der Waals surface area contributed by atoms with Gasteiger partial charge in [0.1, 0.15) is 5.54 Å². The lowest BCUT2D eigenvalue weighted by molar-refractivity contribution is -0.143. The molecule has 0 aromatic heterocycles. The predicted molar refractivity (Wildman–Crippen MR) is 81.0 cm³/mol. The fraction of sp³-hybridized carbons (Fsp3) is 0.429. The van der Waals surface area contributed by atoms with Crippen LogP contribution in [0.1, 0.15) is 31.1 Å². The lowest BCUT2D eigenvalue weighted by Gasteiger charge is -2.21. The molecule has 0 aliphatic carbocycles. The molecule has 0 heterocycles. The number of carboxylic acid groups (broad SMARTS) is 1. The third-order valence-corrected chi connectivity index (χ3v) is 3.33. The zero-order valence-corrected chi connectivity index (χ0v) is 13.9. The van der Waals surface area contributed by atoms with E-state index < -0.39 is 17.4 Å². The maximum atomic E-state index is 12.2. The molecule has 0 saturated carbocycles. The molecular weight excluding hydrogens is 342 g/mol. The number of carbonyl (C=O) groups excluding carboxylic acids is 1. The Hall–Kier alpha value is -1.76. The van der Waals surface area contributed by atoms with Gasteiger partial charge in [0.25, 0.3) is 5.91 Å². The monoisotopic (exact) mass is 359 g/mol. The molecule has 1 rings (SSSR count). The van der Waals surface area contributed by atoms with Crippen molar-refractivity contribution in [2.45, 2.75) is 26.3 Å². The van der Waals surface area contributed by atoms with Crippen molar-refractivity contribution in [2.75, 3.05) is 13.7 Å². The predicted octanol–water partition coefficient (Wildman–Crippen LogP) is 2.45. The van der Waals surface area contributed by atoms with Gasteiger partial charge in [-0.3, -0.25) is 4.79 Å². The van der Waals surface area contributed by atoms with E-state index >= 15 is 0 Å². The summed E-state index contributed by atoms with van der Waals surface area (Å²) in [6.07, 6.45) is 0. The summed E-state index contributed by atoms with van der Waals surface area (Å²) in [5.74, 6) is -0.740. The van der Waals surface area contributed by atoms with Crippen LogP contribution in [0.25, 0.3) is 0 Å². The van der Waals surface area contributed by atoms with E-state index in [1.54, 1.807) is 6.07 Å². The molecule has 0 bridgehead atoms. The van der Waals surface area contributed by atoms with Gasteiger partial charge in [-0.1, -0.05) is 0 Å². The van der Waals surface area contributed by atoms with Crippen LogP contribution in [0.5, 0.6) is 11.5 Å².